The molecule has 112 valence electrons. The standard InChI is InChI=1S/C18H29NO/c20-18(14-2-1-5-19-11-14)4-3-17-15-7-12-6-13(9-15)10-16(17)8-12/h12-17,19H,1-11H2. The van der Waals surface area contributed by atoms with E-state index < -0.39 is 0 Å². The molecule has 4 aliphatic carbocycles. The van der Waals surface area contributed by atoms with Gasteiger partial charge in [0, 0.05) is 18.9 Å². The van der Waals surface area contributed by atoms with Gasteiger partial charge in [0.25, 0.3) is 0 Å². The van der Waals surface area contributed by atoms with Crippen molar-refractivity contribution < 1.29 is 4.79 Å². The second kappa shape index (κ2) is 5.44. The third kappa shape index (κ3) is 2.45. The lowest BCUT2D eigenvalue weighted by molar-refractivity contribution is -0.124. The molecular formula is C18H29NO. The first-order valence-corrected chi connectivity index (χ1v) is 9.03. The molecule has 1 heterocycles. The van der Waals surface area contributed by atoms with Crippen molar-refractivity contribution in [1.29, 1.82) is 0 Å². The molecule has 0 aromatic heterocycles. The molecule has 5 fully saturated rings. The van der Waals surface area contributed by atoms with E-state index in [-0.39, 0.29) is 0 Å². The summed E-state index contributed by atoms with van der Waals surface area (Å²) >= 11 is 0. The van der Waals surface area contributed by atoms with Gasteiger partial charge in [-0.1, -0.05) is 0 Å². The van der Waals surface area contributed by atoms with E-state index in [9.17, 15) is 4.79 Å². The highest BCUT2D eigenvalue weighted by molar-refractivity contribution is 5.81. The highest BCUT2D eigenvalue weighted by atomic mass is 16.1. The zero-order valence-electron chi connectivity index (χ0n) is 12.7. The number of nitrogens with one attached hydrogen (secondary N) is 1. The van der Waals surface area contributed by atoms with E-state index in [1.165, 1.54) is 44.9 Å². The SMILES string of the molecule is O=C(CCC1C2CC3CC(C2)CC1C3)C1CCCNC1. The summed E-state index contributed by atoms with van der Waals surface area (Å²) in [5.41, 5.74) is 0. The highest BCUT2D eigenvalue weighted by Gasteiger charge is 2.47. The van der Waals surface area contributed by atoms with Gasteiger partial charge in [0.15, 0.2) is 0 Å². The molecule has 5 rings (SSSR count). The lowest BCUT2D eigenvalue weighted by atomic mass is 9.51. The van der Waals surface area contributed by atoms with Crippen LogP contribution in [0.4, 0.5) is 0 Å². The smallest absolute Gasteiger partial charge is 0.137 e. The Balaban J connectivity index is 1.32. The van der Waals surface area contributed by atoms with Crippen LogP contribution < -0.4 is 5.32 Å². The normalized spacial score (nSPS) is 46.6. The van der Waals surface area contributed by atoms with Crippen LogP contribution in [0.2, 0.25) is 0 Å². The Morgan fingerprint density at radius 2 is 1.70 bits per heavy atom. The minimum Gasteiger partial charge on any atom is -0.316 e. The summed E-state index contributed by atoms with van der Waals surface area (Å²) < 4.78 is 0. The summed E-state index contributed by atoms with van der Waals surface area (Å²) in [4.78, 5) is 12.4. The van der Waals surface area contributed by atoms with Crippen LogP contribution in [0.3, 0.4) is 0 Å². The summed E-state index contributed by atoms with van der Waals surface area (Å²) in [6.07, 6.45) is 11.9. The van der Waals surface area contributed by atoms with Gasteiger partial charge in [-0.3, -0.25) is 4.79 Å². The van der Waals surface area contributed by atoms with Crippen molar-refractivity contribution in [2.75, 3.05) is 13.1 Å². The molecule has 4 saturated carbocycles. The zero-order chi connectivity index (χ0) is 13.5. The van der Waals surface area contributed by atoms with Crippen LogP contribution >= 0.6 is 0 Å². The maximum absolute atomic E-state index is 12.4. The molecule has 0 aromatic rings. The van der Waals surface area contributed by atoms with Crippen LogP contribution in [0.15, 0.2) is 0 Å². The van der Waals surface area contributed by atoms with Crippen LogP contribution in [-0.4, -0.2) is 18.9 Å². The van der Waals surface area contributed by atoms with Crippen molar-refractivity contribution in [3.63, 3.8) is 0 Å². The highest BCUT2D eigenvalue weighted by Crippen LogP contribution is 2.57. The summed E-state index contributed by atoms with van der Waals surface area (Å²) in [7, 11) is 0. The molecule has 1 unspecified atom stereocenters. The number of hydrogen-bond acceptors (Lipinski definition) is 2. The number of rotatable bonds is 4. The predicted octanol–water partition coefficient (Wildman–Crippen LogP) is 3.41. The minimum atomic E-state index is 0.334. The maximum atomic E-state index is 12.4. The van der Waals surface area contributed by atoms with Crippen LogP contribution in [0.25, 0.3) is 0 Å². The van der Waals surface area contributed by atoms with Gasteiger partial charge >= 0.3 is 0 Å². The number of carbonyl (C=O) groups is 1. The van der Waals surface area contributed by atoms with Crippen LogP contribution in [0.5, 0.6) is 0 Å². The number of ketones is 1. The largest absolute Gasteiger partial charge is 0.316 e. The zero-order valence-corrected chi connectivity index (χ0v) is 12.7. The lowest BCUT2D eigenvalue weighted by Gasteiger charge is -2.54. The van der Waals surface area contributed by atoms with Crippen LogP contribution in [-0.2, 0) is 4.79 Å². The summed E-state index contributed by atoms with van der Waals surface area (Å²) in [5.74, 6) is 5.90. The van der Waals surface area contributed by atoms with Crippen molar-refractivity contribution in [2.24, 2.45) is 35.5 Å². The van der Waals surface area contributed by atoms with Crippen molar-refractivity contribution >= 4 is 5.78 Å². The van der Waals surface area contributed by atoms with Gasteiger partial charge in [0.2, 0.25) is 0 Å². The van der Waals surface area contributed by atoms with Gasteiger partial charge in [-0.15, -0.1) is 0 Å². The Morgan fingerprint density at radius 1 is 1.00 bits per heavy atom. The maximum Gasteiger partial charge on any atom is 0.137 e. The van der Waals surface area contributed by atoms with Crippen molar-refractivity contribution in [3.05, 3.63) is 0 Å². The second-order valence-corrected chi connectivity index (χ2v) is 8.14. The van der Waals surface area contributed by atoms with E-state index >= 15 is 0 Å². The molecule has 1 saturated heterocycles. The van der Waals surface area contributed by atoms with Gasteiger partial charge < -0.3 is 5.32 Å². The van der Waals surface area contributed by atoms with Gasteiger partial charge in [-0.25, -0.2) is 0 Å². The monoisotopic (exact) mass is 275 g/mol. The molecule has 2 heteroatoms. The van der Waals surface area contributed by atoms with Gasteiger partial charge in [0.1, 0.15) is 5.78 Å². The number of carbonyl (C=O) groups excluding carboxylic acids is 1. The molecule has 5 aliphatic rings. The van der Waals surface area contributed by atoms with Crippen molar-refractivity contribution in [2.45, 2.75) is 57.8 Å². The quantitative estimate of drug-likeness (QED) is 0.852. The van der Waals surface area contributed by atoms with E-state index in [1.54, 1.807) is 0 Å². The summed E-state index contributed by atoms with van der Waals surface area (Å²) in [5, 5.41) is 3.38. The second-order valence-electron chi connectivity index (χ2n) is 8.14. The average molecular weight is 275 g/mol. The molecule has 0 spiro atoms. The Hall–Kier alpha value is -0.370. The van der Waals surface area contributed by atoms with E-state index in [1.807, 2.05) is 0 Å². The topological polar surface area (TPSA) is 29.1 Å². The van der Waals surface area contributed by atoms with Gasteiger partial charge in [-0.2, -0.15) is 0 Å². The molecule has 1 N–H and O–H groups in total. The number of hydrogen-bond donors (Lipinski definition) is 1. The summed E-state index contributed by atoms with van der Waals surface area (Å²) in [6.45, 7) is 2.06. The number of Topliss-reactive ketones (excluding diaryl/α,β-unsaturated/α-hetero) is 1. The Morgan fingerprint density at radius 3 is 2.30 bits per heavy atom. The molecule has 4 bridgehead atoms. The molecule has 1 aliphatic heterocycles. The number of piperidine rings is 1. The van der Waals surface area contributed by atoms with E-state index in [0.29, 0.717) is 11.7 Å². The first kappa shape index (κ1) is 13.3. The van der Waals surface area contributed by atoms with Crippen LogP contribution in [0.1, 0.15) is 57.8 Å². The fourth-order valence-electron chi connectivity index (χ4n) is 6.15. The predicted molar refractivity (Wildman–Crippen MR) is 80.4 cm³/mol. The fraction of sp³-hybridized carbons (Fsp3) is 0.944. The molecule has 2 nitrogen and oxygen atoms in total. The van der Waals surface area contributed by atoms with Gasteiger partial charge in [0.05, 0.1) is 0 Å². The molecule has 1 atom stereocenters. The third-order valence-corrected chi connectivity index (χ3v) is 6.90. The summed E-state index contributed by atoms with van der Waals surface area (Å²) in [6, 6.07) is 0. The first-order chi connectivity index (χ1) is 9.79. The molecule has 20 heavy (non-hydrogen) atoms. The molecule has 0 radical (unpaired) electrons. The molecule has 0 aromatic carbocycles. The van der Waals surface area contributed by atoms with Gasteiger partial charge in [-0.05, 0) is 87.5 Å². The molecule has 0 amide bonds. The van der Waals surface area contributed by atoms with E-state index in [2.05, 4.69) is 5.32 Å². The Kier molecular flexibility index (Phi) is 3.62. The van der Waals surface area contributed by atoms with E-state index in [4.69, 9.17) is 0 Å². The molecular weight excluding hydrogens is 246 g/mol. The van der Waals surface area contributed by atoms with Crippen molar-refractivity contribution in [3.8, 4) is 0 Å². The fourth-order valence-corrected chi connectivity index (χ4v) is 6.15. The van der Waals surface area contributed by atoms with Crippen molar-refractivity contribution in [1.82, 2.24) is 5.32 Å². The Bertz CT molecular complexity index is 344. The lowest BCUT2D eigenvalue weighted by Crippen LogP contribution is -2.45. The minimum absolute atomic E-state index is 0.334. The first-order valence-electron chi connectivity index (χ1n) is 9.03. The van der Waals surface area contributed by atoms with Crippen LogP contribution in [0, 0.1) is 35.5 Å². The third-order valence-electron chi connectivity index (χ3n) is 6.90. The Labute approximate surface area is 123 Å². The average Bonchev–Trinajstić information content (AvgIpc) is 2.46. The van der Waals surface area contributed by atoms with E-state index in [0.717, 1.165) is 55.5 Å².